The maximum absolute atomic E-state index is 13.2. The Morgan fingerprint density at radius 2 is 1.46 bits per heavy atom. The van der Waals surface area contributed by atoms with Crippen LogP contribution >= 0.6 is 0 Å². The van der Waals surface area contributed by atoms with Gasteiger partial charge >= 0.3 is 6.18 Å². The van der Waals surface area contributed by atoms with Gasteiger partial charge in [0.25, 0.3) is 0 Å². The van der Waals surface area contributed by atoms with Crippen molar-refractivity contribution in [2.24, 2.45) is 16.7 Å². The van der Waals surface area contributed by atoms with Crippen LogP contribution in [0.2, 0.25) is 0 Å². The fourth-order valence-corrected chi connectivity index (χ4v) is 2.06. The number of hydrogen-bond acceptors (Lipinski definition) is 0. The van der Waals surface area contributed by atoms with Gasteiger partial charge in [-0.15, -0.1) is 0 Å². The van der Waals surface area contributed by atoms with Crippen molar-refractivity contribution in [2.75, 3.05) is 0 Å². The topological polar surface area (TPSA) is 0 Å². The molecule has 0 aliphatic heterocycles. The third-order valence-corrected chi connectivity index (χ3v) is 3.86. The highest BCUT2D eigenvalue weighted by Gasteiger charge is 2.75. The molecule has 0 amide bonds. The molecule has 0 saturated heterocycles. The minimum Gasteiger partial charge on any atom is -0.246 e. The molecule has 0 nitrogen and oxygen atoms in total. The van der Waals surface area contributed by atoms with Crippen LogP contribution in [0.3, 0.4) is 0 Å². The molecule has 2 unspecified atom stereocenters. The number of rotatable bonds is 1. The van der Waals surface area contributed by atoms with Crippen molar-refractivity contribution in [1.29, 1.82) is 0 Å². The van der Waals surface area contributed by atoms with Crippen molar-refractivity contribution in [3.63, 3.8) is 0 Å². The van der Waals surface area contributed by atoms with Gasteiger partial charge in [-0.2, -0.15) is 13.2 Å². The summed E-state index contributed by atoms with van der Waals surface area (Å²) in [5, 5.41) is 0. The van der Waals surface area contributed by atoms with Crippen molar-refractivity contribution in [3.05, 3.63) is 0 Å². The Morgan fingerprint density at radius 3 is 1.54 bits per heavy atom. The Kier molecular flexibility index (Phi) is 1.99. The molecule has 1 saturated carbocycles. The Bertz CT molecular complexity index is 218. The maximum atomic E-state index is 13.2. The lowest BCUT2D eigenvalue weighted by molar-refractivity contribution is -0.190. The third-order valence-electron chi connectivity index (χ3n) is 3.86. The van der Waals surface area contributed by atoms with E-state index in [2.05, 4.69) is 0 Å². The highest BCUT2D eigenvalue weighted by molar-refractivity contribution is 5.19. The van der Waals surface area contributed by atoms with Crippen LogP contribution < -0.4 is 0 Å². The standard InChI is InChI=1S/C9H14F4/c1-5(9(11,12)13)8(4)6(10)7(8,2)3/h5-6H,1-4H3/t5-,6?,8?/m0/s1. The van der Waals surface area contributed by atoms with Gasteiger partial charge in [-0.05, 0) is 0 Å². The van der Waals surface area contributed by atoms with Crippen LogP contribution in [0, 0.1) is 16.7 Å². The summed E-state index contributed by atoms with van der Waals surface area (Å²) in [7, 11) is 0. The van der Waals surface area contributed by atoms with Gasteiger partial charge < -0.3 is 0 Å². The van der Waals surface area contributed by atoms with Crippen molar-refractivity contribution in [2.45, 2.75) is 40.0 Å². The van der Waals surface area contributed by atoms with E-state index in [0.717, 1.165) is 6.92 Å². The summed E-state index contributed by atoms with van der Waals surface area (Å²) in [6.07, 6.45) is -5.65. The predicted molar refractivity (Wildman–Crippen MR) is 42.0 cm³/mol. The van der Waals surface area contributed by atoms with Crippen molar-refractivity contribution in [1.82, 2.24) is 0 Å². The Balaban J connectivity index is 2.87. The van der Waals surface area contributed by atoms with Gasteiger partial charge in [-0.25, -0.2) is 4.39 Å². The van der Waals surface area contributed by atoms with Gasteiger partial charge in [-0.1, -0.05) is 27.7 Å². The minimum absolute atomic E-state index is 0.845. The highest BCUT2D eigenvalue weighted by Crippen LogP contribution is 2.71. The fraction of sp³-hybridized carbons (Fsp3) is 1.00. The van der Waals surface area contributed by atoms with Crippen LogP contribution in [-0.2, 0) is 0 Å². The summed E-state index contributed by atoms with van der Waals surface area (Å²) < 4.78 is 50.2. The summed E-state index contributed by atoms with van der Waals surface area (Å²) in [6.45, 7) is 5.51. The van der Waals surface area contributed by atoms with E-state index >= 15 is 0 Å². The van der Waals surface area contributed by atoms with Crippen LogP contribution in [0.15, 0.2) is 0 Å². The van der Waals surface area contributed by atoms with E-state index in [9.17, 15) is 17.6 Å². The molecule has 1 aliphatic carbocycles. The van der Waals surface area contributed by atoms with Gasteiger partial charge in [-0.3, -0.25) is 0 Å². The van der Waals surface area contributed by atoms with Crippen LogP contribution in [0.25, 0.3) is 0 Å². The molecule has 0 heterocycles. The molecule has 0 aromatic heterocycles. The SMILES string of the molecule is C[C@H](C(F)(F)F)C1(C)C(F)C1(C)C. The number of hydrogen-bond donors (Lipinski definition) is 0. The zero-order valence-corrected chi connectivity index (χ0v) is 8.17. The number of halogens is 4. The molecule has 1 fully saturated rings. The molecular weight excluding hydrogens is 184 g/mol. The fourth-order valence-electron chi connectivity index (χ4n) is 2.06. The lowest BCUT2D eigenvalue weighted by atomic mass is 9.85. The normalized spacial score (nSPS) is 40.2. The van der Waals surface area contributed by atoms with Crippen LogP contribution in [-0.4, -0.2) is 12.3 Å². The van der Waals surface area contributed by atoms with Crippen LogP contribution in [0.4, 0.5) is 17.6 Å². The van der Waals surface area contributed by atoms with Gasteiger partial charge in [0.1, 0.15) is 6.17 Å². The zero-order valence-electron chi connectivity index (χ0n) is 8.17. The van der Waals surface area contributed by atoms with E-state index in [-0.39, 0.29) is 0 Å². The molecular formula is C9H14F4. The molecule has 4 heteroatoms. The van der Waals surface area contributed by atoms with Crippen LogP contribution in [0.1, 0.15) is 27.7 Å². The molecule has 0 aromatic carbocycles. The third kappa shape index (κ3) is 1.17. The Labute approximate surface area is 75.3 Å². The van der Waals surface area contributed by atoms with Gasteiger partial charge in [0.15, 0.2) is 0 Å². The first kappa shape index (κ1) is 10.8. The molecule has 1 rings (SSSR count). The second-order valence-corrected chi connectivity index (χ2v) is 4.63. The first-order valence-electron chi connectivity index (χ1n) is 4.27. The maximum Gasteiger partial charge on any atom is 0.392 e. The first-order valence-corrected chi connectivity index (χ1v) is 4.27. The number of alkyl halides is 4. The molecule has 0 spiro atoms. The quantitative estimate of drug-likeness (QED) is 0.565. The van der Waals surface area contributed by atoms with Crippen molar-refractivity contribution < 1.29 is 17.6 Å². The van der Waals surface area contributed by atoms with E-state index in [1.807, 2.05) is 0 Å². The molecule has 78 valence electrons. The summed E-state index contributed by atoms with van der Waals surface area (Å²) in [4.78, 5) is 0. The first-order chi connectivity index (χ1) is 5.56. The van der Waals surface area contributed by atoms with E-state index < -0.39 is 29.1 Å². The highest BCUT2D eigenvalue weighted by atomic mass is 19.4. The second kappa shape index (κ2) is 2.39. The minimum atomic E-state index is -4.30. The average Bonchev–Trinajstić information content (AvgIpc) is 2.32. The molecule has 1 aliphatic rings. The van der Waals surface area contributed by atoms with Gasteiger partial charge in [0.2, 0.25) is 0 Å². The predicted octanol–water partition coefficient (Wildman–Crippen LogP) is 3.57. The van der Waals surface area contributed by atoms with E-state index in [1.54, 1.807) is 13.8 Å². The van der Waals surface area contributed by atoms with Gasteiger partial charge in [0, 0.05) is 10.8 Å². The molecule has 3 atom stereocenters. The largest absolute Gasteiger partial charge is 0.392 e. The van der Waals surface area contributed by atoms with Crippen molar-refractivity contribution in [3.8, 4) is 0 Å². The average molecular weight is 198 g/mol. The molecule has 0 radical (unpaired) electrons. The summed E-state index contributed by atoms with van der Waals surface area (Å²) in [5.41, 5.74) is -2.09. The van der Waals surface area contributed by atoms with E-state index in [4.69, 9.17) is 0 Å². The van der Waals surface area contributed by atoms with E-state index in [1.165, 1.54) is 6.92 Å². The molecule has 0 bridgehead atoms. The van der Waals surface area contributed by atoms with Crippen molar-refractivity contribution >= 4 is 0 Å². The summed E-state index contributed by atoms with van der Waals surface area (Å²) in [5.74, 6) is -1.58. The van der Waals surface area contributed by atoms with Gasteiger partial charge in [0.05, 0.1) is 5.92 Å². The van der Waals surface area contributed by atoms with Crippen LogP contribution in [0.5, 0.6) is 0 Å². The molecule has 13 heavy (non-hydrogen) atoms. The lowest BCUT2D eigenvalue weighted by Gasteiger charge is -2.24. The lowest BCUT2D eigenvalue weighted by Crippen LogP contribution is -2.30. The smallest absolute Gasteiger partial charge is 0.246 e. The Hall–Kier alpha value is -0.280. The zero-order chi connectivity index (χ0) is 10.7. The Morgan fingerprint density at radius 1 is 1.15 bits per heavy atom. The summed E-state index contributed by atoms with van der Waals surface area (Å²) in [6, 6.07) is 0. The molecule has 0 N–H and O–H groups in total. The van der Waals surface area contributed by atoms with E-state index in [0.29, 0.717) is 0 Å². The molecule has 0 aromatic rings. The summed E-state index contributed by atoms with van der Waals surface area (Å²) >= 11 is 0. The second-order valence-electron chi connectivity index (χ2n) is 4.63. The monoisotopic (exact) mass is 198 g/mol.